The second-order valence-electron chi connectivity index (χ2n) is 7.44. The number of imide groups is 1. The molecule has 1 aliphatic carbocycles. The molecular weight excluding hydrogens is 376 g/mol. The molecule has 6 nitrogen and oxygen atoms in total. The first-order valence-corrected chi connectivity index (χ1v) is 10.0. The Morgan fingerprint density at radius 2 is 1.96 bits per heavy atom. The Labute approximate surface area is 170 Å². The van der Waals surface area contributed by atoms with Gasteiger partial charge in [0.25, 0.3) is 5.91 Å². The van der Waals surface area contributed by atoms with Crippen LogP contribution >= 0.6 is 11.6 Å². The van der Waals surface area contributed by atoms with Crippen molar-refractivity contribution in [2.75, 3.05) is 18.0 Å². The van der Waals surface area contributed by atoms with Crippen molar-refractivity contribution in [1.29, 1.82) is 5.26 Å². The highest BCUT2D eigenvalue weighted by molar-refractivity contribution is 6.33. The molecular formula is C21H23ClN4O2. The number of urea groups is 1. The van der Waals surface area contributed by atoms with Crippen LogP contribution in [0.25, 0.3) is 4.85 Å². The van der Waals surface area contributed by atoms with E-state index in [2.05, 4.69) is 4.85 Å². The van der Waals surface area contributed by atoms with Gasteiger partial charge in [-0.15, -0.1) is 0 Å². The summed E-state index contributed by atoms with van der Waals surface area (Å²) in [6.45, 7) is 9.60. The number of benzene rings is 1. The van der Waals surface area contributed by atoms with Gasteiger partial charge in [0.2, 0.25) is 6.54 Å². The minimum atomic E-state index is -0.760. The molecule has 1 saturated carbocycles. The van der Waals surface area contributed by atoms with E-state index < -0.39 is 5.54 Å². The number of hydrogen-bond donors (Lipinski definition) is 0. The maximum absolute atomic E-state index is 13.4. The summed E-state index contributed by atoms with van der Waals surface area (Å²) in [5.74, 6) is -0.181. The summed E-state index contributed by atoms with van der Waals surface area (Å²) in [4.78, 5) is 33.1. The molecule has 0 bridgehead atoms. The topological polar surface area (TPSA) is 68.8 Å². The minimum absolute atomic E-state index is 0.181. The van der Waals surface area contributed by atoms with Gasteiger partial charge in [-0.3, -0.25) is 4.79 Å². The third kappa shape index (κ3) is 3.23. The zero-order valence-corrected chi connectivity index (χ0v) is 16.8. The number of hydrogen-bond acceptors (Lipinski definition) is 3. The summed E-state index contributed by atoms with van der Waals surface area (Å²) < 4.78 is 0. The van der Waals surface area contributed by atoms with E-state index in [0.29, 0.717) is 42.7 Å². The molecule has 0 aromatic heterocycles. The summed E-state index contributed by atoms with van der Waals surface area (Å²) in [5.41, 5.74) is 0.591. The number of nitriles is 1. The van der Waals surface area contributed by atoms with E-state index in [1.165, 1.54) is 4.90 Å². The van der Waals surface area contributed by atoms with Gasteiger partial charge in [-0.25, -0.2) is 16.3 Å². The number of carbonyl (C=O) groups excluding carboxylic acids is 2. The van der Waals surface area contributed by atoms with Crippen LogP contribution in [0.4, 0.5) is 10.5 Å². The summed E-state index contributed by atoms with van der Waals surface area (Å²) in [6.07, 6.45) is 5.65. The first kappa shape index (κ1) is 20.2. The predicted molar refractivity (Wildman–Crippen MR) is 107 cm³/mol. The average Bonchev–Trinajstić information content (AvgIpc) is 3.25. The van der Waals surface area contributed by atoms with Gasteiger partial charge in [0, 0.05) is 13.0 Å². The fraction of sp³-hybridized carbons (Fsp3) is 0.524. The van der Waals surface area contributed by atoms with E-state index in [4.69, 9.17) is 23.4 Å². The van der Waals surface area contributed by atoms with Crippen molar-refractivity contribution < 1.29 is 9.59 Å². The molecule has 0 unspecified atom stereocenters. The van der Waals surface area contributed by atoms with Crippen LogP contribution in [-0.2, 0) is 4.79 Å². The molecule has 7 heteroatoms. The second-order valence-corrected chi connectivity index (χ2v) is 7.82. The van der Waals surface area contributed by atoms with Crippen molar-refractivity contribution in [3.05, 3.63) is 39.7 Å². The summed E-state index contributed by atoms with van der Waals surface area (Å²) >= 11 is 6.28. The number of carbonyl (C=O) groups is 2. The van der Waals surface area contributed by atoms with Crippen molar-refractivity contribution in [1.82, 2.24) is 4.90 Å². The lowest BCUT2D eigenvalue weighted by atomic mass is 9.95. The first-order valence-electron chi connectivity index (χ1n) is 9.66. The highest BCUT2D eigenvalue weighted by atomic mass is 35.5. The number of halogens is 1. The minimum Gasteiger partial charge on any atom is -0.317 e. The van der Waals surface area contributed by atoms with Crippen LogP contribution in [0.15, 0.2) is 12.1 Å². The highest BCUT2D eigenvalue weighted by Gasteiger charge is 2.58. The van der Waals surface area contributed by atoms with Gasteiger partial charge in [-0.1, -0.05) is 24.4 Å². The van der Waals surface area contributed by atoms with Gasteiger partial charge in [-0.2, -0.15) is 5.26 Å². The third-order valence-electron chi connectivity index (χ3n) is 5.84. The fourth-order valence-electron chi connectivity index (χ4n) is 4.32. The van der Waals surface area contributed by atoms with Gasteiger partial charge in [0.05, 0.1) is 16.3 Å². The smallest absolute Gasteiger partial charge is 0.317 e. The molecule has 0 N–H and O–H groups in total. The van der Waals surface area contributed by atoms with Gasteiger partial charge in [-0.05, 0) is 50.3 Å². The Morgan fingerprint density at radius 3 is 2.61 bits per heavy atom. The number of unbranched alkanes of at least 4 members (excludes halogenated alkanes) is 2. The molecule has 146 valence electrons. The van der Waals surface area contributed by atoms with Crippen molar-refractivity contribution in [2.24, 2.45) is 0 Å². The lowest BCUT2D eigenvalue weighted by molar-refractivity contribution is -0.124. The zero-order valence-electron chi connectivity index (χ0n) is 16.0. The molecule has 1 saturated heterocycles. The van der Waals surface area contributed by atoms with Gasteiger partial charge in [0.15, 0.2) is 0 Å². The predicted octanol–water partition coefficient (Wildman–Crippen LogP) is 4.69. The van der Waals surface area contributed by atoms with E-state index in [9.17, 15) is 9.59 Å². The summed E-state index contributed by atoms with van der Waals surface area (Å²) in [7, 11) is 0. The van der Waals surface area contributed by atoms with E-state index >= 15 is 0 Å². The Morgan fingerprint density at radius 1 is 1.25 bits per heavy atom. The van der Waals surface area contributed by atoms with Gasteiger partial charge < -0.3 is 9.74 Å². The van der Waals surface area contributed by atoms with Crippen LogP contribution in [0.3, 0.4) is 0 Å². The average molecular weight is 399 g/mol. The second kappa shape index (κ2) is 8.20. The molecule has 3 rings (SSSR count). The lowest BCUT2D eigenvalue weighted by Crippen LogP contribution is -2.47. The van der Waals surface area contributed by atoms with E-state index in [0.717, 1.165) is 32.1 Å². The molecule has 1 aromatic rings. The van der Waals surface area contributed by atoms with Crippen molar-refractivity contribution in [2.45, 2.75) is 57.4 Å². The van der Waals surface area contributed by atoms with Crippen LogP contribution < -0.4 is 4.90 Å². The monoisotopic (exact) mass is 398 g/mol. The number of nitrogens with zero attached hydrogens (tertiary/aromatic N) is 4. The third-order valence-corrected chi connectivity index (χ3v) is 6.33. The molecule has 0 radical (unpaired) electrons. The summed E-state index contributed by atoms with van der Waals surface area (Å²) in [6, 6.07) is 4.91. The Hall–Kier alpha value is -2.57. The van der Waals surface area contributed by atoms with Crippen LogP contribution in [0.5, 0.6) is 0 Å². The maximum Gasteiger partial charge on any atom is 0.332 e. The van der Waals surface area contributed by atoms with Crippen molar-refractivity contribution in [3.8, 4) is 6.07 Å². The van der Waals surface area contributed by atoms with E-state index in [1.807, 2.05) is 6.07 Å². The number of amides is 3. The number of anilines is 1. The standard InChI is InChI=1S/C21H23ClN4O2/c1-15-17(9-8-16(14-23)18(15)22)26-19(27)21(10-4-5-11-21)25(20(26)28)13-7-3-6-12-24-2/h8-9H,3-7,10-13H2,1H3. The van der Waals surface area contributed by atoms with Crippen LogP contribution in [-0.4, -0.2) is 35.5 Å². The molecule has 2 aliphatic rings. The molecule has 1 spiro atoms. The Kier molecular flexibility index (Phi) is 5.91. The summed E-state index contributed by atoms with van der Waals surface area (Å²) in [5, 5.41) is 9.44. The normalized spacial score (nSPS) is 18.0. The van der Waals surface area contributed by atoms with Crippen molar-refractivity contribution >= 4 is 29.2 Å². The molecule has 2 fully saturated rings. The largest absolute Gasteiger partial charge is 0.332 e. The van der Waals surface area contributed by atoms with Crippen molar-refractivity contribution in [3.63, 3.8) is 0 Å². The molecule has 28 heavy (non-hydrogen) atoms. The SMILES string of the molecule is [C-]#[N+]CCCCCN1C(=O)N(c2ccc(C#N)c(Cl)c2C)C(=O)C12CCCC2. The van der Waals surface area contributed by atoms with Crippen LogP contribution in [0, 0.1) is 24.8 Å². The Bertz CT molecular complexity index is 878. The lowest BCUT2D eigenvalue weighted by Gasteiger charge is -2.31. The van der Waals surface area contributed by atoms with Crippen LogP contribution in [0.1, 0.15) is 56.1 Å². The fourth-order valence-corrected chi connectivity index (χ4v) is 4.52. The molecule has 0 atom stereocenters. The van der Waals surface area contributed by atoms with Crippen LogP contribution in [0.2, 0.25) is 5.02 Å². The zero-order chi connectivity index (χ0) is 20.3. The molecule has 3 amide bonds. The Balaban J connectivity index is 1.91. The van der Waals surface area contributed by atoms with E-state index in [-0.39, 0.29) is 17.0 Å². The molecule has 1 heterocycles. The maximum atomic E-state index is 13.4. The quantitative estimate of drug-likeness (QED) is 0.396. The molecule has 1 aromatic carbocycles. The first-order chi connectivity index (χ1) is 13.5. The van der Waals surface area contributed by atoms with E-state index in [1.54, 1.807) is 24.0 Å². The van der Waals surface area contributed by atoms with Gasteiger partial charge in [0.1, 0.15) is 11.6 Å². The molecule has 1 aliphatic heterocycles. The number of rotatable bonds is 6. The highest BCUT2D eigenvalue weighted by Crippen LogP contribution is 2.44. The van der Waals surface area contributed by atoms with Gasteiger partial charge >= 0.3 is 6.03 Å².